The number of carbonyl (C=O) groups excluding carboxylic acids is 1. The fourth-order valence-corrected chi connectivity index (χ4v) is 1.87. The molecular formula is C13H15F3N2O2. The Kier molecular flexibility index (Phi) is 3.64. The molecule has 1 aliphatic carbocycles. The lowest BCUT2D eigenvalue weighted by Gasteiger charge is -2.21. The molecule has 0 aromatic heterocycles. The minimum atomic E-state index is -4.70. The molecule has 0 unspecified atom stereocenters. The summed E-state index contributed by atoms with van der Waals surface area (Å²) < 4.78 is 39.8. The highest BCUT2D eigenvalue weighted by Gasteiger charge is 2.47. The van der Waals surface area contributed by atoms with Crippen molar-refractivity contribution in [1.29, 1.82) is 0 Å². The first-order valence-corrected chi connectivity index (χ1v) is 6.09. The first-order valence-electron chi connectivity index (χ1n) is 6.09. The highest BCUT2D eigenvalue weighted by molar-refractivity contribution is 5.88. The Labute approximate surface area is 114 Å². The van der Waals surface area contributed by atoms with Gasteiger partial charge in [-0.3, -0.25) is 4.79 Å². The number of nitrogens with two attached hydrogens (primary N) is 1. The molecule has 110 valence electrons. The summed E-state index contributed by atoms with van der Waals surface area (Å²) in [6.45, 7) is 0.296. The standard InChI is InChI=1S/C13H15F3N2O2/c1-18(11(19)12(17)6-7-12)8-9-2-4-10(5-3-9)20-13(14,15)16/h2-5H,6-8,17H2,1H3. The number of amides is 1. The molecule has 1 amide bonds. The second kappa shape index (κ2) is 4.97. The maximum absolute atomic E-state index is 12.0. The number of benzene rings is 1. The average molecular weight is 288 g/mol. The molecule has 1 aliphatic rings. The average Bonchev–Trinajstić information content (AvgIpc) is 3.08. The zero-order chi connectivity index (χ0) is 15.0. The van der Waals surface area contributed by atoms with Gasteiger partial charge in [-0.05, 0) is 30.5 Å². The van der Waals surface area contributed by atoms with Crippen LogP contribution in [0, 0.1) is 0 Å². The van der Waals surface area contributed by atoms with Gasteiger partial charge in [-0.25, -0.2) is 0 Å². The Morgan fingerprint density at radius 1 is 1.35 bits per heavy atom. The van der Waals surface area contributed by atoms with E-state index in [0.29, 0.717) is 24.9 Å². The molecule has 4 nitrogen and oxygen atoms in total. The Bertz CT molecular complexity index is 495. The maximum atomic E-state index is 12.0. The van der Waals surface area contributed by atoms with Crippen molar-refractivity contribution in [3.63, 3.8) is 0 Å². The molecule has 2 rings (SSSR count). The summed E-state index contributed by atoms with van der Waals surface area (Å²) in [5, 5.41) is 0. The van der Waals surface area contributed by atoms with Gasteiger partial charge < -0.3 is 15.4 Å². The number of alkyl halides is 3. The van der Waals surface area contributed by atoms with Gasteiger partial charge in [0.05, 0.1) is 5.54 Å². The van der Waals surface area contributed by atoms with Gasteiger partial charge in [-0.15, -0.1) is 13.2 Å². The van der Waals surface area contributed by atoms with Crippen molar-refractivity contribution < 1.29 is 22.7 Å². The van der Waals surface area contributed by atoms with E-state index < -0.39 is 11.9 Å². The van der Waals surface area contributed by atoms with Crippen LogP contribution in [0.2, 0.25) is 0 Å². The van der Waals surface area contributed by atoms with Crippen LogP contribution in [0.1, 0.15) is 18.4 Å². The van der Waals surface area contributed by atoms with E-state index in [0.717, 1.165) is 0 Å². The van der Waals surface area contributed by atoms with Crippen LogP contribution in [0.15, 0.2) is 24.3 Å². The quantitative estimate of drug-likeness (QED) is 0.922. The van der Waals surface area contributed by atoms with Crippen molar-refractivity contribution in [3.05, 3.63) is 29.8 Å². The van der Waals surface area contributed by atoms with Gasteiger partial charge >= 0.3 is 6.36 Å². The van der Waals surface area contributed by atoms with Crippen LogP contribution in [0.4, 0.5) is 13.2 Å². The minimum Gasteiger partial charge on any atom is -0.406 e. The lowest BCUT2D eigenvalue weighted by molar-refractivity contribution is -0.274. The lowest BCUT2D eigenvalue weighted by atomic mass is 10.2. The monoisotopic (exact) mass is 288 g/mol. The summed E-state index contributed by atoms with van der Waals surface area (Å²) in [6.07, 6.45) is -3.35. The molecule has 0 bridgehead atoms. The second-order valence-corrected chi connectivity index (χ2v) is 5.01. The summed E-state index contributed by atoms with van der Waals surface area (Å²) in [4.78, 5) is 13.4. The number of likely N-dealkylation sites (N-methyl/N-ethyl adjacent to an activating group) is 1. The molecule has 0 atom stereocenters. The zero-order valence-corrected chi connectivity index (χ0v) is 10.9. The van der Waals surface area contributed by atoms with Crippen LogP contribution in [-0.2, 0) is 11.3 Å². The summed E-state index contributed by atoms with van der Waals surface area (Å²) in [5.74, 6) is -0.430. The SMILES string of the molecule is CN(Cc1ccc(OC(F)(F)F)cc1)C(=O)C1(N)CC1. The lowest BCUT2D eigenvalue weighted by Crippen LogP contribution is -2.43. The van der Waals surface area contributed by atoms with E-state index in [-0.39, 0.29) is 11.7 Å². The molecule has 2 N–H and O–H groups in total. The van der Waals surface area contributed by atoms with Gasteiger partial charge in [-0.2, -0.15) is 0 Å². The van der Waals surface area contributed by atoms with Gasteiger partial charge in [0, 0.05) is 13.6 Å². The number of hydrogen-bond donors (Lipinski definition) is 1. The molecule has 1 saturated carbocycles. The van der Waals surface area contributed by atoms with E-state index in [4.69, 9.17) is 5.73 Å². The van der Waals surface area contributed by atoms with Crippen molar-refractivity contribution in [3.8, 4) is 5.75 Å². The number of halogens is 3. The van der Waals surface area contributed by atoms with E-state index in [9.17, 15) is 18.0 Å². The van der Waals surface area contributed by atoms with Crippen molar-refractivity contribution in [1.82, 2.24) is 4.90 Å². The molecule has 0 aliphatic heterocycles. The van der Waals surface area contributed by atoms with E-state index in [1.165, 1.54) is 29.2 Å². The summed E-state index contributed by atoms with van der Waals surface area (Å²) >= 11 is 0. The number of ether oxygens (including phenoxy) is 1. The topological polar surface area (TPSA) is 55.6 Å². The molecule has 1 aromatic carbocycles. The Morgan fingerprint density at radius 3 is 2.35 bits per heavy atom. The van der Waals surface area contributed by atoms with Crippen LogP contribution in [-0.4, -0.2) is 29.8 Å². The van der Waals surface area contributed by atoms with Crippen LogP contribution in [0.3, 0.4) is 0 Å². The molecule has 20 heavy (non-hydrogen) atoms. The third-order valence-electron chi connectivity index (χ3n) is 3.14. The molecule has 0 saturated heterocycles. The predicted octanol–water partition coefficient (Wildman–Crippen LogP) is 2.03. The van der Waals surface area contributed by atoms with E-state index >= 15 is 0 Å². The molecular weight excluding hydrogens is 273 g/mol. The Morgan fingerprint density at radius 2 is 1.90 bits per heavy atom. The third-order valence-corrected chi connectivity index (χ3v) is 3.14. The highest BCUT2D eigenvalue weighted by atomic mass is 19.4. The van der Waals surface area contributed by atoms with Gasteiger partial charge in [0.1, 0.15) is 5.75 Å². The van der Waals surface area contributed by atoms with Crippen LogP contribution < -0.4 is 10.5 Å². The summed E-state index contributed by atoms with van der Waals surface area (Å²) in [6, 6.07) is 5.41. The summed E-state index contributed by atoms with van der Waals surface area (Å²) in [5.41, 5.74) is 5.77. The molecule has 0 radical (unpaired) electrons. The minimum absolute atomic E-state index is 0.145. The van der Waals surface area contributed by atoms with Crippen molar-refractivity contribution >= 4 is 5.91 Å². The van der Waals surface area contributed by atoms with Gasteiger partial charge in [-0.1, -0.05) is 12.1 Å². The van der Waals surface area contributed by atoms with Crippen molar-refractivity contribution in [2.45, 2.75) is 31.3 Å². The molecule has 0 spiro atoms. The highest BCUT2D eigenvalue weighted by Crippen LogP contribution is 2.34. The van der Waals surface area contributed by atoms with Gasteiger partial charge in [0.25, 0.3) is 0 Å². The van der Waals surface area contributed by atoms with E-state index in [1.54, 1.807) is 7.05 Å². The molecule has 1 aromatic rings. The maximum Gasteiger partial charge on any atom is 0.573 e. The smallest absolute Gasteiger partial charge is 0.406 e. The third kappa shape index (κ3) is 3.63. The van der Waals surface area contributed by atoms with E-state index in [1.807, 2.05) is 0 Å². The number of carbonyl (C=O) groups is 1. The molecule has 0 heterocycles. The normalized spacial score (nSPS) is 16.6. The first-order chi connectivity index (χ1) is 9.20. The van der Waals surface area contributed by atoms with Crippen molar-refractivity contribution in [2.24, 2.45) is 5.73 Å². The molecule has 7 heteroatoms. The van der Waals surface area contributed by atoms with Gasteiger partial charge in [0.15, 0.2) is 0 Å². The number of rotatable bonds is 4. The molecule has 1 fully saturated rings. The Balaban J connectivity index is 1.95. The Hall–Kier alpha value is -1.76. The van der Waals surface area contributed by atoms with Crippen molar-refractivity contribution in [2.75, 3.05) is 7.05 Å². The number of nitrogens with zero attached hydrogens (tertiary/aromatic N) is 1. The van der Waals surface area contributed by atoms with Gasteiger partial charge in [0.2, 0.25) is 5.91 Å². The first kappa shape index (κ1) is 14.6. The predicted molar refractivity (Wildman–Crippen MR) is 65.8 cm³/mol. The van der Waals surface area contributed by atoms with Crippen LogP contribution in [0.5, 0.6) is 5.75 Å². The second-order valence-electron chi connectivity index (χ2n) is 5.01. The van der Waals surface area contributed by atoms with Crippen LogP contribution >= 0.6 is 0 Å². The summed E-state index contributed by atoms with van der Waals surface area (Å²) in [7, 11) is 1.62. The fourth-order valence-electron chi connectivity index (χ4n) is 1.87. The number of hydrogen-bond acceptors (Lipinski definition) is 3. The van der Waals surface area contributed by atoms with Crippen LogP contribution in [0.25, 0.3) is 0 Å². The van der Waals surface area contributed by atoms with E-state index in [2.05, 4.69) is 4.74 Å². The largest absolute Gasteiger partial charge is 0.573 e. The zero-order valence-electron chi connectivity index (χ0n) is 10.9. The fraction of sp³-hybridized carbons (Fsp3) is 0.462.